The van der Waals surface area contributed by atoms with Crippen LogP contribution in [-0.4, -0.2) is 9.13 Å². The average Bonchev–Trinajstić information content (AvgIpc) is 4.23. The number of thiophene rings is 2. The first-order valence-electron chi connectivity index (χ1n) is 25.2. The predicted octanol–water partition coefficient (Wildman–Crippen LogP) is 19.3. The SMILES string of the molecule is N#Cc1cc(-n2c3cc4sc5ccccc5c4cc3c3c(N(c4ccccc4)c4ccccc4)cccc32)c(C#N)cc1-n1c2cc3sc4ccccc4c3cc2c2c(N(c3ccccc3)c3ccccc3)cccc21. The minimum Gasteiger partial charge on any atom is -0.310 e. The van der Waals surface area contributed by atoms with Crippen LogP contribution in [0, 0.1) is 22.7 Å². The molecule has 0 aliphatic rings. The van der Waals surface area contributed by atoms with Gasteiger partial charge >= 0.3 is 0 Å². The highest BCUT2D eigenvalue weighted by Gasteiger charge is 2.27. The van der Waals surface area contributed by atoms with Crippen LogP contribution in [0.2, 0.25) is 0 Å². The van der Waals surface area contributed by atoms with Crippen LogP contribution in [0.15, 0.2) is 243 Å². The number of para-hydroxylation sites is 4. The molecule has 76 heavy (non-hydrogen) atoms. The fourth-order valence-corrected chi connectivity index (χ4v) is 14.0. The Morgan fingerprint density at radius 2 is 0.658 bits per heavy atom. The zero-order chi connectivity index (χ0) is 50.4. The highest BCUT2D eigenvalue weighted by atomic mass is 32.1. The second-order valence-electron chi connectivity index (χ2n) is 19.1. The lowest BCUT2D eigenvalue weighted by atomic mass is 10.1. The van der Waals surface area contributed by atoms with Crippen LogP contribution in [0.3, 0.4) is 0 Å². The number of hydrogen-bond donors (Lipinski definition) is 0. The summed E-state index contributed by atoms with van der Waals surface area (Å²) < 4.78 is 9.15. The molecule has 0 radical (unpaired) electrons. The Labute approximate surface area is 444 Å². The molecule has 0 N–H and O–H groups in total. The van der Waals surface area contributed by atoms with Crippen molar-refractivity contribution in [2.45, 2.75) is 0 Å². The van der Waals surface area contributed by atoms with Crippen molar-refractivity contribution in [2.24, 2.45) is 0 Å². The van der Waals surface area contributed by atoms with E-state index in [0.717, 1.165) is 87.1 Å². The predicted molar refractivity (Wildman–Crippen MR) is 320 cm³/mol. The van der Waals surface area contributed by atoms with Crippen molar-refractivity contribution in [2.75, 3.05) is 9.80 Å². The van der Waals surface area contributed by atoms with Gasteiger partial charge in [0.15, 0.2) is 0 Å². The fraction of sp³-hybridized carbons (Fsp3) is 0. The largest absolute Gasteiger partial charge is 0.310 e. The second-order valence-corrected chi connectivity index (χ2v) is 21.2. The van der Waals surface area contributed by atoms with E-state index in [0.29, 0.717) is 22.5 Å². The van der Waals surface area contributed by atoms with Gasteiger partial charge in [-0.1, -0.05) is 121 Å². The molecule has 354 valence electrons. The molecule has 0 unspecified atom stereocenters. The molecule has 0 spiro atoms. The number of aromatic nitrogens is 2. The first-order valence-corrected chi connectivity index (χ1v) is 26.8. The molecule has 4 heterocycles. The van der Waals surface area contributed by atoms with Crippen LogP contribution in [0.25, 0.3) is 95.3 Å². The Balaban J connectivity index is 1.03. The Kier molecular flexibility index (Phi) is 9.95. The maximum atomic E-state index is 11.6. The third-order valence-electron chi connectivity index (χ3n) is 14.9. The quantitative estimate of drug-likeness (QED) is 0.152. The third kappa shape index (κ3) is 6.62. The molecule has 0 saturated heterocycles. The van der Waals surface area contributed by atoms with Crippen LogP contribution in [0.4, 0.5) is 34.1 Å². The molecule has 0 aliphatic heterocycles. The molecule has 0 amide bonds. The zero-order valence-electron chi connectivity index (χ0n) is 40.6. The van der Waals surface area contributed by atoms with Crippen LogP contribution >= 0.6 is 22.7 Å². The van der Waals surface area contributed by atoms with E-state index < -0.39 is 0 Å². The number of fused-ring (bicyclic) bond motifs is 12. The first kappa shape index (κ1) is 43.6. The molecule has 11 aromatic carbocycles. The van der Waals surface area contributed by atoms with Crippen LogP contribution < -0.4 is 9.80 Å². The minimum atomic E-state index is 0.446. The smallest absolute Gasteiger partial charge is 0.101 e. The van der Waals surface area contributed by atoms with Gasteiger partial charge in [-0.3, -0.25) is 0 Å². The van der Waals surface area contributed by atoms with Crippen molar-refractivity contribution < 1.29 is 0 Å². The number of benzene rings is 11. The van der Waals surface area contributed by atoms with Gasteiger partial charge in [0, 0.05) is 84.6 Å². The Morgan fingerprint density at radius 3 is 1.03 bits per heavy atom. The molecule has 15 rings (SSSR count). The molecule has 0 atom stereocenters. The summed E-state index contributed by atoms with van der Waals surface area (Å²) in [5, 5.41) is 32.2. The monoisotopic (exact) mass is 1000 g/mol. The summed E-state index contributed by atoms with van der Waals surface area (Å²) in [4.78, 5) is 4.63. The average molecular weight is 1010 g/mol. The zero-order valence-corrected chi connectivity index (χ0v) is 42.2. The molecule has 0 saturated carbocycles. The topological polar surface area (TPSA) is 63.9 Å². The summed E-state index contributed by atoms with van der Waals surface area (Å²) in [6.45, 7) is 0. The summed E-state index contributed by atoms with van der Waals surface area (Å²) in [6, 6.07) is 90.5. The Bertz CT molecular complexity index is 4510. The molecule has 8 heteroatoms. The van der Waals surface area contributed by atoms with Gasteiger partial charge in [0.05, 0.1) is 55.9 Å². The summed E-state index contributed by atoms with van der Waals surface area (Å²) in [7, 11) is 0. The van der Waals surface area contributed by atoms with E-state index in [9.17, 15) is 10.5 Å². The minimum absolute atomic E-state index is 0.446. The molecular weight excluding hydrogens is 965 g/mol. The van der Waals surface area contributed by atoms with E-state index in [4.69, 9.17) is 0 Å². The number of hydrogen-bond acceptors (Lipinski definition) is 6. The number of nitrogens with zero attached hydrogens (tertiary/aromatic N) is 6. The standard InChI is InChI=1S/C68H40N6S2/c69-41-43-36-60(74-58-32-18-30-56(72(47-23-9-3-10-24-47)48-25-11-4-12-26-48)68(58)54-38-52-50-28-14-16-34-64(50)76-66(52)40-62(54)74)44(42-70)35-59(43)73-57-31-17-29-55(71(45-19-5-1-6-20-45)46-21-7-2-8-22-46)67(57)53-37-51-49-27-13-15-33-63(49)75-65(51)39-61(53)73/h1-40H. The van der Waals surface area contributed by atoms with Gasteiger partial charge in [0.1, 0.15) is 12.1 Å². The van der Waals surface area contributed by atoms with Gasteiger partial charge in [-0.05, 0) is 121 Å². The van der Waals surface area contributed by atoms with E-state index in [-0.39, 0.29) is 0 Å². The van der Waals surface area contributed by atoms with Crippen LogP contribution in [-0.2, 0) is 0 Å². The lowest BCUT2D eigenvalue weighted by Gasteiger charge is -2.26. The van der Waals surface area contributed by atoms with E-state index in [1.165, 1.54) is 30.9 Å². The number of nitriles is 2. The van der Waals surface area contributed by atoms with Crippen LogP contribution in [0.1, 0.15) is 11.1 Å². The summed E-state index contributed by atoms with van der Waals surface area (Å²) in [5.41, 5.74) is 12.0. The highest BCUT2D eigenvalue weighted by molar-refractivity contribution is 7.26. The van der Waals surface area contributed by atoms with Crippen molar-refractivity contribution in [3.63, 3.8) is 0 Å². The summed E-state index contributed by atoms with van der Waals surface area (Å²) in [6.07, 6.45) is 0. The Morgan fingerprint density at radius 1 is 0.303 bits per heavy atom. The Hall–Kier alpha value is -9.96. The van der Waals surface area contributed by atoms with Gasteiger partial charge in [-0.2, -0.15) is 10.5 Å². The van der Waals surface area contributed by atoms with Crippen molar-refractivity contribution in [1.29, 1.82) is 10.5 Å². The van der Waals surface area contributed by atoms with Gasteiger partial charge in [-0.15, -0.1) is 22.7 Å². The maximum absolute atomic E-state index is 11.6. The maximum Gasteiger partial charge on any atom is 0.101 e. The van der Waals surface area contributed by atoms with Crippen molar-refractivity contribution >= 4 is 141 Å². The third-order valence-corrected chi connectivity index (χ3v) is 17.2. The van der Waals surface area contributed by atoms with E-state index in [1.807, 2.05) is 36.4 Å². The molecule has 4 aromatic heterocycles. The normalized spacial score (nSPS) is 11.7. The van der Waals surface area contributed by atoms with Crippen molar-refractivity contribution in [1.82, 2.24) is 9.13 Å². The highest BCUT2D eigenvalue weighted by Crippen LogP contribution is 2.50. The lowest BCUT2D eigenvalue weighted by molar-refractivity contribution is 1.12. The van der Waals surface area contributed by atoms with Crippen molar-refractivity contribution in [3.05, 3.63) is 254 Å². The first-order chi connectivity index (χ1) is 37.6. The van der Waals surface area contributed by atoms with Gasteiger partial charge in [0.25, 0.3) is 0 Å². The number of anilines is 6. The summed E-state index contributed by atoms with van der Waals surface area (Å²) >= 11 is 3.54. The lowest BCUT2D eigenvalue weighted by Crippen LogP contribution is -2.10. The second kappa shape index (κ2) is 17.3. The molecule has 0 fully saturated rings. The van der Waals surface area contributed by atoms with Crippen molar-refractivity contribution in [3.8, 4) is 23.5 Å². The van der Waals surface area contributed by atoms with Gasteiger partial charge < -0.3 is 18.9 Å². The van der Waals surface area contributed by atoms with Gasteiger partial charge in [0.2, 0.25) is 0 Å². The molecule has 0 bridgehead atoms. The number of rotatable bonds is 8. The van der Waals surface area contributed by atoms with E-state index in [2.05, 4.69) is 237 Å². The molecule has 6 nitrogen and oxygen atoms in total. The van der Waals surface area contributed by atoms with E-state index in [1.54, 1.807) is 22.7 Å². The molecular formula is C68H40N6S2. The van der Waals surface area contributed by atoms with Crippen LogP contribution in [0.5, 0.6) is 0 Å². The van der Waals surface area contributed by atoms with Gasteiger partial charge in [-0.25, -0.2) is 0 Å². The molecule has 15 aromatic rings. The van der Waals surface area contributed by atoms with E-state index >= 15 is 0 Å². The fourth-order valence-electron chi connectivity index (χ4n) is 11.7. The molecule has 0 aliphatic carbocycles. The summed E-state index contributed by atoms with van der Waals surface area (Å²) in [5.74, 6) is 0.